The maximum atomic E-state index is 12.8. The fourth-order valence-corrected chi connectivity index (χ4v) is 3.89. The van der Waals surface area contributed by atoms with Gasteiger partial charge in [-0.2, -0.15) is 0 Å². The van der Waals surface area contributed by atoms with Gasteiger partial charge in [-0.15, -0.1) is 12.4 Å². The van der Waals surface area contributed by atoms with E-state index < -0.39 is 0 Å². The fourth-order valence-electron chi connectivity index (χ4n) is 3.89. The zero-order chi connectivity index (χ0) is 15.6. The Morgan fingerprint density at radius 1 is 1.30 bits per heavy atom. The summed E-state index contributed by atoms with van der Waals surface area (Å²) in [4.78, 5) is 17.1. The molecule has 0 aromatic heterocycles. The van der Waals surface area contributed by atoms with Gasteiger partial charge in [0, 0.05) is 24.8 Å². The van der Waals surface area contributed by atoms with E-state index >= 15 is 0 Å². The van der Waals surface area contributed by atoms with Crippen molar-refractivity contribution in [2.45, 2.75) is 32.7 Å². The zero-order valence-corrected chi connectivity index (χ0v) is 14.9. The number of nitrogens with zero attached hydrogens (tertiary/aromatic N) is 2. The van der Waals surface area contributed by atoms with Gasteiger partial charge in [0.1, 0.15) is 0 Å². The third-order valence-corrected chi connectivity index (χ3v) is 5.03. The van der Waals surface area contributed by atoms with Crippen LogP contribution in [-0.4, -0.2) is 49.6 Å². The molecule has 2 aliphatic heterocycles. The van der Waals surface area contributed by atoms with Gasteiger partial charge in [-0.25, -0.2) is 0 Å². The van der Waals surface area contributed by atoms with E-state index in [0.717, 1.165) is 31.9 Å². The lowest BCUT2D eigenvalue weighted by molar-refractivity contribution is -0.119. The molecule has 0 aliphatic carbocycles. The first-order valence-corrected chi connectivity index (χ1v) is 8.40. The monoisotopic (exact) mass is 337 g/mol. The molecular formula is C18H28ClN3O. The van der Waals surface area contributed by atoms with Gasteiger partial charge in [0.25, 0.3) is 0 Å². The number of amides is 1. The van der Waals surface area contributed by atoms with Crippen LogP contribution in [0, 0.1) is 5.41 Å². The number of hydrogen-bond acceptors (Lipinski definition) is 3. The number of halogens is 1. The second kappa shape index (κ2) is 7.65. The van der Waals surface area contributed by atoms with E-state index in [-0.39, 0.29) is 24.4 Å². The minimum atomic E-state index is 0. The van der Waals surface area contributed by atoms with Crippen LogP contribution < -0.4 is 10.2 Å². The summed E-state index contributed by atoms with van der Waals surface area (Å²) in [6.07, 6.45) is 2.48. The lowest BCUT2D eigenvalue weighted by Gasteiger charge is -2.29. The van der Waals surface area contributed by atoms with Crippen LogP contribution in [0.4, 0.5) is 5.69 Å². The molecule has 2 fully saturated rings. The highest BCUT2D eigenvalue weighted by molar-refractivity contribution is 5.95. The summed E-state index contributed by atoms with van der Waals surface area (Å²) in [6.45, 7) is 9.05. The summed E-state index contributed by atoms with van der Waals surface area (Å²) < 4.78 is 0. The van der Waals surface area contributed by atoms with Gasteiger partial charge in [0.15, 0.2) is 0 Å². The van der Waals surface area contributed by atoms with Crippen molar-refractivity contribution >= 4 is 24.0 Å². The maximum absolute atomic E-state index is 12.8. The number of likely N-dealkylation sites (tertiary alicyclic amines) is 1. The van der Waals surface area contributed by atoms with E-state index in [0.29, 0.717) is 12.0 Å². The number of nitrogens with one attached hydrogen (secondary N) is 1. The molecule has 2 heterocycles. The molecule has 4 nitrogen and oxygen atoms in total. The predicted octanol–water partition coefficient (Wildman–Crippen LogP) is 2.54. The van der Waals surface area contributed by atoms with Crippen LogP contribution in [0.25, 0.3) is 0 Å². The van der Waals surface area contributed by atoms with E-state index in [1.165, 1.54) is 12.8 Å². The van der Waals surface area contributed by atoms with Gasteiger partial charge in [-0.1, -0.05) is 18.2 Å². The topological polar surface area (TPSA) is 35.6 Å². The summed E-state index contributed by atoms with van der Waals surface area (Å²) in [5.41, 5.74) is 1.43. The normalized spacial score (nSPS) is 24.1. The first kappa shape index (κ1) is 18.2. The molecule has 1 aromatic rings. The Hall–Kier alpha value is -1.10. The highest BCUT2D eigenvalue weighted by Gasteiger charge is 2.41. The Labute approximate surface area is 145 Å². The van der Waals surface area contributed by atoms with Crippen molar-refractivity contribution in [2.75, 3.05) is 37.6 Å². The van der Waals surface area contributed by atoms with Crippen molar-refractivity contribution in [1.82, 2.24) is 10.2 Å². The summed E-state index contributed by atoms with van der Waals surface area (Å²) in [5, 5.41) is 3.47. The molecule has 2 aliphatic rings. The van der Waals surface area contributed by atoms with E-state index in [9.17, 15) is 4.79 Å². The van der Waals surface area contributed by atoms with E-state index in [1.54, 1.807) is 0 Å². The minimum Gasteiger partial charge on any atom is -0.316 e. The molecule has 0 radical (unpaired) electrons. The van der Waals surface area contributed by atoms with Crippen molar-refractivity contribution in [2.24, 2.45) is 5.41 Å². The zero-order valence-electron chi connectivity index (χ0n) is 14.1. The molecule has 2 saturated heterocycles. The van der Waals surface area contributed by atoms with Crippen LogP contribution in [-0.2, 0) is 4.79 Å². The molecular weight excluding hydrogens is 310 g/mol. The van der Waals surface area contributed by atoms with Crippen LogP contribution in [0.3, 0.4) is 0 Å². The summed E-state index contributed by atoms with van der Waals surface area (Å²) in [5.74, 6) is 0.212. The van der Waals surface area contributed by atoms with Crippen molar-refractivity contribution < 1.29 is 4.79 Å². The molecule has 0 saturated carbocycles. The van der Waals surface area contributed by atoms with Crippen LogP contribution in [0.1, 0.15) is 26.7 Å². The smallest absolute Gasteiger partial charge is 0.241 e. The van der Waals surface area contributed by atoms with E-state index in [2.05, 4.69) is 24.1 Å². The Kier molecular flexibility index (Phi) is 6.06. The molecule has 128 valence electrons. The Morgan fingerprint density at radius 2 is 2.04 bits per heavy atom. The van der Waals surface area contributed by atoms with Gasteiger partial charge < -0.3 is 10.2 Å². The van der Waals surface area contributed by atoms with Gasteiger partial charge in [0.05, 0.1) is 6.54 Å². The van der Waals surface area contributed by atoms with Crippen molar-refractivity contribution in [1.29, 1.82) is 0 Å². The molecule has 1 N–H and O–H groups in total. The summed E-state index contributed by atoms with van der Waals surface area (Å²) >= 11 is 0. The van der Waals surface area contributed by atoms with Gasteiger partial charge >= 0.3 is 0 Å². The van der Waals surface area contributed by atoms with Crippen LogP contribution in [0.5, 0.6) is 0 Å². The number of benzene rings is 1. The van der Waals surface area contributed by atoms with Crippen LogP contribution >= 0.6 is 12.4 Å². The molecule has 1 atom stereocenters. The van der Waals surface area contributed by atoms with Crippen LogP contribution in [0.15, 0.2) is 30.3 Å². The molecule has 1 aromatic carbocycles. The number of rotatable bonds is 4. The first-order valence-electron chi connectivity index (χ1n) is 8.40. The Bertz CT molecular complexity index is 514. The molecule has 1 unspecified atom stereocenters. The van der Waals surface area contributed by atoms with Crippen molar-refractivity contribution in [3.05, 3.63) is 30.3 Å². The van der Waals surface area contributed by atoms with Crippen molar-refractivity contribution in [3.8, 4) is 0 Å². The second-order valence-electron chi connectivity index (χ2n) is 7.08. The molecule has 3 rings (SSSR count). The summed E-state index contributed by atoms with van der Waals surface area (Å²) in [6, 6.07) is 10.2. The molecule has 1 amide bonds. The molecule has 1 spiro atoms. The average molecular weight is 338 g/mol. The lowest BCUT2D eigenvalue weighted by Crippen LogP contribution is -2.44. The maximum Gasteiger partial charge on any atom is 0.241 e. The Balaban J connectivity index is 0.00000192. The average Bonchev–Trinajstić information content (AvgIpc) is 3.10. The predicted molar refractivity (Wildman–Crippen MR) is 97.3 cm³/mol. The van der Waals surface area contributed by atoms with E-state index in [4.69, 9.17) is 0 Å². The number of para-hydroxylation sites is 1. The summed E-state index contributed by atoms with van der Waals surface area (Å²) in [7, 11) is 0. The highest BCUT2D eigenvalue weighted by Crippen LogP contribution is 2.35. The minimum absolute atomic E-state index is 0. The SMILES string of the molecule is CC(C)N(C(=O)CN1CCC2(CCNC2)C1)c1ccccc1.Cl. The first-order chi connectivity index (χ1) is 10.6. The third kappa shape index (κ3) is 4.06. The lowest BCUT2D eigenvalue weighted by atomic mass is 9.87. The van der Waals surface area contributed by atoms with Gasteiger partial charge in [-0.05, 0) is 57.3 Å². The standard InChI is InChI=1S/C18H27N3O.ClH/c1-15(2)21(16-6-4-3-5-7-16)17(22)12-20-11-9-18(14-20)8-10-19-13-18;/h3-7,15,19H,8-14H2,1-2H3;1H. The number of carbonyl (C=O) groups is 1. The van der Waals surface area contributed by atoms with Crippen LogP contribution in [0.2, 0.25) is 0 Å². The second-order valence-corrected chi connectivity index (χ2v) is 7.08. The third-order valence-electron chi connectivity index (χ3n) is 5.03. The quantitative estimate of drug-likeness (QED) is 0.917. The molecule has 23 heavy (non-hydrogen) atoms. The molecule has 5 heteroatoms. The number of carbonyl (C=O) groups excluding carboxylic acids is 1. The largest absolute Gasteiger partial charge is 0.316 e. The number of hydrogen-bond donors (Lipinski definition) is 1. The van der Waals surface area contributed by atoms with Crippen molar-refractivity contribution in [3.63, 3.8) is 0 Å². The van der Waals surface area contributed by atoms with E-state index in [1.807, 2.05) is 35.2 Å². The Morgan fingerprint density at radius 3 is 2.65 bits per heavy atom. The van der Waals surface area contributed by atoms with Gasteiger partial charge in [-0.3, -0.25) is 9.69 Å². The van der Waals surface area contributed by atoms with Gasteiger partial charge in [0.2, 0.25) is 5.91 Å². The number of anilines is 1. The molecule has 0 bridgehead atoms. The highest BCUT2D eigenvalue weighted by atomic mass is 35.5. The fraction of sp³-hybridized carbons (Fsp3) is 0.611.